The van der Waals surface area contributed by atoms with E-state index in [2.05, 4.69) is 41.5 Å². The number of nitrogens with one attached hydrogen (secondary N) is 2. The van der Waals surface area contributed by atoms with E-state index in [1.165, 1.54) is 11.8 Å². The van der Waals surface area contributed by atoms with Crippen LogP contribution < -0.4 is 5.32 Å². The van der Waals surface area contributed by atoms with E-state index in [-0.39, 0.29) is 5.92 Å². The Kier molecular flexibility index (Phi) is 14.6. The first-order valence-corrected chi connectivity index (χ1v) is 9.45. The third-order valence-electron chi connectivity index (χ3n) is 3.71. The lowest BCUT2D eigenvalue weighted by Crippen LogP contribution is -2.00. The van der Waals surface area contributed by atoms with Gasteiger partial charge in [-0.15, -0.1) is 0 Å². The van der Waals surface area contributed by atoms with Crippen LogP contribution in [0.15, 0.2) is 76.6 Å². The molecule has 0 aromatic rings. The summed E-state index contributed by atoms with van der Waals surface area (Å²) in [6, 6.07) is 0. The predicted molar refractivity (Wildman–Crippen MR) is 118 cm³/mol. The Morgan fingerprint density at radius 1 is 1.31 bits per heavy atom. The van der Waals surface area contributed by atoms with E-state index < -0.39 is 0 Å². The molecule has 1 aliphatic heterocycles. The summed E-state index contributed by atoms with van der Waals surface area (Å²) in [7, 11) is 1.88. The van der Waals surface area contributed by atoms with Crippen molar-refractivity contribution in [2.75, 3.05) is 7.05 Å². The molecule has 1 atom stereocenters. The maximum absolute atomic E-state index is 7.74. The van der Waals surface area contributed by atoms with Crippen molar-refractivity contribution in [1.29, 1.82) is 5.41 Å². The van der Waals surface area contributed by atoms with Crippen molar-refractivity contribution in [3.8, 4) is 0 Å². The second kappa shape index (κ2) is 16.1. The van der Waals surface area contributed by atoms with Gasteiger partial charge in [-0.1, -0.05) is 56.4 Å². The van der Waals surface area contributed by atoms with Gasteiger partial charge >= 0.3 is 0 Å². The lowest BCUT2D eigenvalue weighted by atomic mass is 9.96. The maximum atomic E-state index is 7.74. The van der Waals surface area contributed by atoms with Gasteiger partial charge in [-0.05, 0) is 50.1 Å². The van der Waals surface area contributed by atoms with Gasteiger partial charge in [0.15, 0.2) is 0 Å². The van der Waals surface area contributed by atoms with Crippen LogP contribution in [0.3, 0.4) is 0 Å². The van der Waals surface area contributed by atoms with E-state index in [9.17, 15) is 0 Å². The zero-order valence-corrected chi connectivity index (χ0v) is 17.0. The number of rotatable bonds is 9. The largest absolute Gasteiger partial charge is 0.394 e. The molecule has 1 heterocycles. The van der Waals surface area contributed by atoms with Crippen LogP contribution >= 0.6 is 0 Å². The molecule has 0 saturated carbocycles. The molecule has 0 aliphatic carbocycles. The van der Waals surface area contributed by atoms with Crippen molar-refractivity contribution in [1.82, 2.24) is 5.32 Å². The highest BCUT2D eigenvalue weighted by molar-refractivity contribution is 5.63. The lowest BCUT2D eigenvalue weighted by molar-refractivity contribution is 0.745. The first-order chi connectivity index (χ1) is 12.7. The number of allylic oxidation sites excluding steroid dienone is 11. The average Bonchev–Trinajstić information content (AvgIpc) is 2.88. The molecule has 0 spiro atoms. The summed E-state index contributed by atoms with van der Waals surface area (Å²) in [4.78, 5) is 4.44. The Hall–Kier alpha value is -2.42. The zero-order chi connectivity index (χ0) is 19.6. The second-order valence-corrected chi connectivity index (χ2v) is 5.60. The van der Waals surface area contributed by atoms with Crippen molar-refractivity contribution in [2.45, 2.75) is 47.0 Å². The first kappa shape index (κ1) is 23.6. The molecule has 0 aromatic carbocycles. The molecule has 3 nitrogen and oxygen atoms in total. The zero-order valence-electron chi connectivity index (χ0n) is 17.0. The Balaban J connectivity index is 0.00000301. The first-order valence-electron chi connectivity index (χ1n) is 9.45. The third kappa shape index (κ3) is 10.4. The van der Waals surface area contributed by atoms with E-state index in [4.69, 9.17) is 5.41 Å². The maximum Gasteiger partial charge on any atom is 0.0400 e. The molecule has 0 amide bonds. The molecule has 26 heavy (non-hydrogen) atoms. The van der Waals surface area contributed by atoms with E-state index in [1.807, 2.05) is 64.5 Å². The quantitative estimate of drug-likeness (QED) is 0.379. The Morgan fingerprint density at radius 2 is 2.08 bits per heavy atom. The number of hydrogen-bond acceptors (Lipinski definition) is 3. The highest BCUT2D eigenvalue weighted by Gasteiger charge is 2.06. The molecule has 1 rings (SSSR count). The number of nitrogens with zero attached hydrogens (tertiary/aromatic N) is 1. The molecule has 0 saturated heterocycles. The van der Waals surface area contributed by atoms with Gasteiger partial charge in [-0.2, -0.15) is 0 Å². The van der Waals surface area contributed by atoms with Gasteiger partial charge in [-0.25, -0.2) is 0 Å². The summed E-state index contributed by atoms with van der Waals surface area (Å²) in [5.74, 6) is 0.109. The molecule has 1 unspecified atom stereocenters. The fourth-order valence-electron chi connectivity index (χ4n) is 2.34. The summed E-state index contributed by atoms with van der Waals surface area (Å²) in [6.07, 6.45) is 24.7. The second-order valence-electron chi connectivity index (χ2n) is 5.60. The standard InChI is InChI=1S/C21H29N3.C2H6/c1-4-5-6-9-19(13-15-23-3)16-20(17-22)11-12-21-10-7-8-14-24-18(21)2;1-2/h4-7,9-10,13-17,20,22-23H,8,11-12H2,1-3H3;1-2H3/b5-4-,9-6-,15-13+,19-16?,22-17?;. The molecule has 0 fully saturated rings. The highest BCUT2D eigenvalue weighted by Crippen LogP contribution is 2.20. The predicted octanol–water partition coefficient (Wildman–Crippen LogP) is 6.16. The smallest absolute Gasteiger partial charge is 0.0400 e. The molecule has 142 valence electrons. The van der Waals surface area contributed by atoms with E-state index in [0.29, 0.717) is 0 Å². The van der Waals surface area contributed by atoms with Crippen molar-refractivity contribution in [3.63, 3.8) is 0 Å². The van der Waals surface area contributed by atoms with E-state index >= 15 is 0 Å². The van der Waals surface area contributed by atoms with Crippen molar-refractivity contribution >= 4 is 12.4 Å². The number of hydrogen-bond donors (Lipinski definition) is 2. The summed E-state index contributed by atoms with van der Waals surface area (Å²) in [5.41, 5.74) is 3.44. The van der Waals surface area contributed by atoms with Gasteiger partial charge in [0.05, 0.1) is 0 Å². The Labute approximate surface area is 160 Å². The van der Waals surface area contributed by atoms with Crippen LogP contribution in [-0.2, 0) is 0 Å². The number of aliphatic imine (C=N–C) groups is 1. The van der Waals surface area contributed by atoms with Gasteiger partial charge in [0.1, 0.15) is 0 Å². The Morgan fingerprint density at radius 3 is 2.73 bits per heavy atom. The van der Waals surface area contributed by atoms with Crippen LogP contribution in [0.4, 0.5) is 0 Å². The fraction of sp³-hybridized carbons (Fsp3) is 0.391. The van der Waals surface area contributed by atoms with E-state index in [1.54, 1.807) is 0 Å². The molecule has 1 aliphatic rings. The van der Waals surface area contributed by atoms with Crippen molar-refractivity contribution < 1.29 is 0 Å². The van der Waals surface area contributed by atoms with Crippen LogP contribution in [0, 0.1) is 11.3 Å². The van der Waals surface area contributed by atoms with Crippen molar-refractivity contribution in [2.24, 2.45) is 10.9 Å². The molecule has 0 bridgehead atoms. The molecule has 0 aromatic heterocycles. The van der Waals surface area contributed by atoms with Gasteiger partial charge in [0, 0.05) is 37.5 Å². The highest BCUT2D eigenvalue weighted by atomic mass is 14.8. The van der Waals surface area contributed by atoms with Crippen LogP contribution in [0.5, 0.6) is 0 Å². The summed E-state index contributed by atoms with van der Waals surface area (Å²) >= 11 is 0. The van der Waals surface area contributed by atoms with Gasteiger partial charge < -0.3 is 10.7 Å². The van der Waals surface area contributed by atoms with Gasteiger partial charge in [0.25, 0.3) is 0 Å². The lowest BCUT2D eigenvalue weighted by Gasteiger charge is -2.10. The van der Waals surface area contributed by atoms with Crippen molar-refractivity contribution in [3.05, 3.63) is 71.7 Å². The van der Waals surface area contributed by atoms with Crippen LogP contribution in [-0.4, -0.2) is 19.5 Å². The molecule has 0 radical (unpaired) electrons. The topological polar surface area (TPSA) is 48.2 Å². The summed E-state index contributed by atoms with van der Waals surface area (Å²) < 4.78 is 0. The van der Waals surface area contributed by atoms with Gasteiger partial charge in [0.2, 0.25) is 0 Å². The molecular formula is C23H35N3. The van der Waals surface area contributed by atoms with Crippen LogP contribution in [0.25, 0.3) is 0 Å². The minimum atomic E-state index is 0.109. The molecule has 2 N–H and O–H groups in total. The minimum Gasteiger partial charge on any atom is -0.394 e. The fourth-order valence-corrected chi connectivity index (χ4v) is 2.34. The van der Waals surface area contributed by atoms with Gasteiger partial charge in [-0.3, -0.25) is 4.99 Å². The summed E-state index contributed by atoms with van der Waals surface area (Å²) in [6.45, 7) is 8.05. The monoisotopic (exact) mass is 353 g/mol. The SMILES string of the molecule is C/C=C\C=C/C(=CC(C=N)CCC1=C(C)N=CCC=C1)/C=C/NC.CC. The molecular weight excluding hydrogens is 318 g/mol. The van der Waals surface area contributed by atoms with Crippen LogP contribution in [0.2, 0.25) is 0 Å². The molecule has 3 heteroatoms. The normalized spacial score (nSPS) is 16.1. The summed E-state index contributed by atoms with van der Waals surface area (Å²) in [5, 5.41) is 10.8. The minimum absolute atomic E-state index is 0.109. The Bertz CT molecular complexity index is 599. The van der Waals surface area contributed by atoms with E-state index in [0.717, 1.165) is 30.5 Å². The third-order valence-corrected chi connectivity index (χ3v) is 3.71. The van der Waals surface area contributed by atoms with Crippen LogP contribution in [0.1, 0.15) is 47.0 Å². The average molecular weight is 354 g/mol.